The smallest absolute Gasteiger partial charge is 0.329 e. The Labute approximate surface area is 126 Å². The van der Waals surface area contributed by atoms with Gasteiger partial charge in [-0.25, -0.2) is 9.59 Å². The van der Waals surface area contributed by atoms with Crippen LogP contribution < -0.4 is 5.32 Å². The topological polar surface area (TPSA) is 90.0 Å². The minimum Gasteiger partial charge on any atom is -0.480 e. The van der Waals surface area contributed by atoms with Crippen molar-refractivity contribution in [2.24, 2.45) is 0 Å². The van der Waals surface area contributed by atoms with Crippen LogP contribution in [0.3, 0.4) is 0 Å². The summed E-state index contributed by atoms with van der Waals surface area (Å²) in [6, 6.07) is -0.523. The molecule has 0 spiro atoms. The molecule has 0 aromatic carbocycles. The highest BCUT2D eigenvalue weighted by atomic mass is 16.4. The first-order valence-corrected chi connectivity index (χ1v) is 7.18. The Bertz CT molecular complexity index is 384. The van der Waals surface area contributed by atoms with Crippen LogP contribution in [0.1, 0.15) is 40.0 Å². The number of amides is 3. The summed E-state index contributed by atoms with van der Waals surface area (Å²) in [6.45, 7) is 5.56. The van der Waals surface area contributed by atoms with Crippen molar-refractivity contribution in [3.05, 3.63) is 0 Å². The zero-order valence-corrected chi connectivity index (χ0v) is 13.6. The molecule has 2 N–H and O–H groups in total. The number of nitrogens with one attached hydrogen (secondary N) is 1. The fourth-order valence-electron chi connectivity index (χ4n) is 1.86. The van der Waals surface area contributed by atoms with Crippen molar-refractivity contribution in [2.45, 2.75) is 45.6 Å². The molecule has 1 unspecified atom stereocenters. The first-order valence-electron chi connectivity index (χ1n) is 7.18. The van der Waals surface area contributed by atoms with E-state index in [-0.39, 0.29) is 12.5 Å². The number of urea groups is 1. The molecule has 0 aromatic heterocycles. The average Bonchev–Trinajstić information content (AvgIpc) is 2.37. The fraction of sp³-hybridized carbons (Fsp3) is 0.786. The van der Waals surface area contributed by atoms with E-state index in [2.05, 4.69) is 5.32 Å². The van der Waals surface area contributed by atoms with Gasteiger partial charge in [-0.15, -0.1) is 0 Å². The van der Waals surface area contributed by atoms with Crippen molar-refractivity contribution in [2.75, 3.05) is 27.2 Å². The maximum atomic E-state index is 12.3. The molecule has 122 valence electrons. The summed E-state index contributed by atoms with van der Waals surface area (Å²) in [5.74, 6) is -1.28. The van der Waals surface area contributed by atoms with Crippen LogP contribution >= 0.6 is 0 Å². The number of rotatable bonds is 8. The molecule has 21 heavy (non-hydrogen) atoms. The van der Waals surface area contributed by atoms with E-state index in [1.807, 2.05) is 13.8 Å². The Morgan fingerprint density at radius 1 is 1.14 bits per heavy atom. The molecule has 1 atom stereocenters. The third-order valence-electron chi connectivity index (χ3n) is 3.21. The second kappa shape index (κ2) is 8.49. The van der Waals surface area contributed by atoms with Crippen molar-refractivity contribution in [1.29, 1.82) is 0 Å². The van der Waals surface area contributed by atoms with E-state index in [0.717, 1.165) is 0 Å². The largest absolute Gasteiger partial charge is 0.480 e. The fourth-order valence-corrected chi connectivity index (χ4v) is 1.86. The van der Waals surface area contributed by atoms with E-state index in [9.17, 15) is 19.5 Å². The summed E-state index contributed by atoms with van der Waals surface area (Å²) in [5, 5.41) is 11.8. The number of likely N-dealkylation sites (N-methyl/N-ethyl adjacent to an activating group) is 1. The number of carbonyl (C=O) groups excluding carboxylic acids is 2. The van der Waals surface area contributed by atoms with Gasteiger partial charge in [0.25, 0.3) is 0 Å². The predicted molar refractivity (Wildman–Crippen MR) is 80.0 cm³/mol. The molecule has 7 heteroatoms. The van der Waals surface area contributed by atoms with E-state index in [1.165, 1.54) is 16.7 Å². The Morgan fingerprint density at radius 2 is 1.71 bits per heavy atom. The van der Waals surface area contributed by atoms with Crippen LogP contribution in [0, 0.1) is 0 Å². The monoisotopic (exact) mass is 301 g/mol. The van der Waals surface area contributed by atoms with Crippen molar-refractivity contribution in [3.63, 3.8) is 0 Å². The summed E-state index contributed by atoms with van der Waals surface area (Å²) < 4.78 is 0. The van der Waals surface area contributed by atoms with Crippen molar-refractivity contribution < 1.29 is 19.5 Å². The number of carbonyl (C=O) groups is 3. The zero-order valence-electron chi connectivity index (χ0n) is 13.6. The average molecular weight is 301 g/mol. The zero-order chi connectivity index (χ0) is 16.6. The van der Waals surface area contributed by atoms with Gasteiger partial charge in [0.15, 0.2) is 0 Å². The van der Waals surface area contributed by atoms with Gasteiger partial charge >= 0.3 is 12.0 Å². The Hall–Kier alpha value is -1.79. The Balaban J connectivity index is 4.96. The third-order valence-corrected chi connectivity index (χ3v) is 3.21. The number of carboxylic acids is 1. The molecule has 0 fully saturated rings. The standard InChI is InChI=1S/C14H27N3O4/c1-6-8-14(3,12(19)20)15-13(21)17(9-7-2)10-11(18)16(4)5/h6-10H2,1-5H3,(H,15,21)(H,19,20). The summed E-state index contributed by atoms with van der Waals surface area (Å²) in [5.41, 5.74) is -1.32. The van der Waals surface area contributed by atoms with Crippen molar-refractivity contribution in [1.82, 2.24) is 15.1 Å². The van der Waals surface area contributed by atoms with E-state index in [4.69, 9.17) is 0 Å². The van der Waals surface area contributed by atoms with Crippen molar-refractivity contribution in [3.8, 4) is 0 Å². The van der Waals surface area contributed by atoms with Crippen molar-refractivity contribution >= 4 is 17.9 Å². The van der Waals surface area contributed by atoms with Crippen LogP contribution in [0.15, 0.2) is 0 Å². The lowest BCUT2D eigenvalue weighted by Gasteiger charge is -2.30. The number of nitrogens with zero attached hydrogens (tertiary/aromatic N) is 2. The SMILES string of the molecule is CCCN(CC(=O)N(C)C)C(=O)NC(C)(CCC)C(=O)O. The van der Waals surface area contributed by atoms with Gasteiger partial charge in [-0.1, -0.05) is 20.3 Å². The first kappa shape index (κ1) is 19.2. The highest BCUT2D eigenvalue weighted by Gasteiger charge is 2.35. The molecule has 3 amide bonds. The van der Waals surface area contributed by atoms with Crippen LogP contribution in [0.2, 0.25) is 0 Å². The van der Waals surface area contributed by atoms with E-state index in [0.29, 0.717) is 25.8 Å². The van der Waals surface area contributed by atoms with Gasteiger partial charge in [0, 0.05) is 20.6 Å². The minimum atomic E-state index is -1.32. The summed E-state index contributed by atoms with van der Waals surface area (Å²) in [7, 11) is 3.23. The maximum Gasteiger partial charge on any atom is 0.329 e. The summed E-state index contributed by atoms with van der Waals surface area (Å²) >= 11 is 0. The van der Waals surface area contributed by atoms with Crippen LogP contribution in [-0.2, 0) is 9.59 Å². The van der Waals surface area contributed by atoms with Gasteiger partial charge in [-0.3, -0.25) is 4.79 Å². The second-order valence-corrected chi connectivity index (χ2v) is 5.53. The van der Waals surface area contributed by atoms with E-state index in [1.54, 1.807) is 14.1 Å². The molecule has 0 bridgehead atoms. The first-order chi connectivity index (χ1) is 9.67. The van der Waals surface area contributed by atoms with Crippen LogP contribution in [-0.4, -0.2) is 65.5 Å². The van der Waals surface area contributed by atoms with Crippen LogP contribution in [0.25, 0.3) is 0 Å². The van der Waals surface area contributed by atoms with E-state index >= 15 is 0 Å². The lowest BCUT2D eigenvalue weighted by Crippen LogP contribution is -2.57. The van der Waals surface area contributed by atoms with Gasteiger partial charge in [-0.2, -0.15) is 0 Å². The van der Waals surface area contributed by atoms with Gasteiger partial charge in [-0.05, 0) is 19.8 Å². The second-order valence-electron chi connectivity index (χ2n) is 5.53. The van der Waals surface area contributed by atoms with Crippen LogP contribution in [0.5, 0.6) is 0 Å². The summed E-state index contributed by atoms with van der Waals surface area (Å²) in [4.78, 5) is 38.1. The highest BCUT2D eigenvalue weighted by molar-refractivity contribution is 5.88. The van der Waals surface area contributed by atoms with Gasteiger partial charge in [0.05, 0.1) is 0 Å². The molecule has 0 aliphatic carbocycles. The van der Waals surface area contributed by atoms with Crippen LogP contribution in [0.4, 0.5) is 4.79 Å². The Kier molecular flexibility index (Phi) is 7.76. The highest BCUT2D eigenvalue weighted by Crippen LogP contribution is 2.13. The molecule has 0 saturated carbocycles. The van der Waals surface area contributed by atoms with Gasteiger partial charge < -0.3 is 20.2 Å². The normalized spacial score (nSPS) is 13.2. The number of hydrogen-bond acceptors (Lipinski definition) is 3. The molecular weight excluding hydrogens is 274 g/mol. The molecule has 0 aliphatic rings. The summed E-state index contributed by atoms with van der Waals surface area (Å²) in [6.07, 6.45) is 1.65. The molecule has 0 rings (SSSR count). The molecule has 7 nitrogen and oxygen atoms in total. The molecular formula is C14H27N3O4. The molecule has 0 aromatic rings. The van der Waals surface area contributed by atoms with E-state index < -0.39 is 17.5 Å². The maximum absolute atomic E-state index is 12.3. The quantitative estimate of drug-likeness (QED) is 0.703. The molecule has 0 aliphatic heterocycles. The molecule has 0 radical (unpaired) electrons. The van der Waals surface area contributed by atoms with Gasteiger partial charge in [0.2, 0.25) is 5.91 Å². The number of aliphatic carboxylic acids is 1. The predicted octanol–water partition coefficient (Wildman–Crippen LogP) is 1.14. The number of carboxylic acid groups (broad SMARTS) is 1. The lowest BCUT2D eigenvalue weighted by molar-refractivity contribution is -0.144. The van der Waals surface area contributed by atoms with Gasteiger partial charge in [0.1, 0.15) is 12.1 Å². The Morgan fingerprint density at radius 3 is 2.10 bits per heavy atom. The minimum absolute atomic E-state index is 0.0610. The third kappa shape index (κ3) is 6.01. The number of hydrogen-bond donors (Lipinski definition) is 2. The lowest BCUT2D eigenvalue weighted by atomic mass is 9.96. The molecule has 0 heterocycles. The molecule has 0 saturated heterocycles.